The van der Waals surface area contributed by atoms with Crippen molar-refractivity contribution >= 4 is 12.2 Å². The van der Waals surface area contributed by atoms with E-state index >= 15 is 0 Å². The maximum Gasteiger partial charge on any atom is 0.265 e. The maximum absolute atomic E-state index is 11.4. The summed E-state index contributed by atoms with van der Waals surface area (Å²) in [7, 11) is 0. The summed E-state index contributed by atoms with van der Waals surface area (Å²) in [6.07, 6.45) is 7.20. The SMILES string of the molecule is CC(N/C=C\C=C/C=O)c1cccc(C(=O)NN)c1. The van der Waals surface area contributed by atoms with Crippen LogP contribution in [0.15, 0.2) is 48.7 Å². The number of nitrogens with two attached hydrogens (primary N) is 1. The Morgan fingerprint density at radius 2 is 2.11 bits per heavy atom. The normalized spacial score (nSPS) is 12.5. The van der Waals surface area contributed by atoms with Crippen LogP contribution in [-0.2, 0) is 4.79 Å². The van der Waals surface area contributed by atoms with Crippen LogP contribution >= 0.6 is 0 Å². The molecule has 1 atom stereocenters. The summed E-state index contributed by atoms with van der Waals surface area (Å²) in [5, 5.41) is 3.13. The molecule has 5 nitrogen and oxygen atoms in total. The highest BCUT2D eigenvalue weighted by Crippen LogP contribution is 2.14. The molecule has 19 heavy (non-hydrogen) atoms. The Kier molecular flexibility index (Phi) is 6.05. The third-order valence-corrected chi connectivity index (χ3v) is 2.52. The number of allylic oxidation sites excluding steroid dienone is 3. The molecule has 1 unspecified atom stereocenters. The first-order valence-corrected chi connectivity index (χ1v) is 5.83. The quantitative estimate of drug-likeness (QED) is 0.179. The molecular weight excluding hydrogens is 242 g/mol. The number of carbonyl (C=O) groups excluding carboxylic acids is 2. The molecule has 0 aliphatic rings. The van der Waals surface area contributed by atoms with Crippen LogP contribution in [0, 0.1) is 0 Å². The summed E-state index contributed by atoms with van der Waals surface area (Å²) in [6.45, 7) is 1.97. The minimum atomic E-state index is -0.321. The average molecular weight is 259 g/mol. The number of aldehydes is 1. The molecule has 0 spiro atoms. The molecule has 0 aromatic heterocycles. The summed E-state index contributed by atoms with van der Waals surface area (Å²) in [4.78, 5) is 21.5. The second-order valence-corrected chi connectivity index (χ2v) is 3.87. The highest BCUT2D eigenvalue weighted by Gasteiger charge is 2.07. The summed E-state index contributed by atoms with van der Waals surface area (Å²) in [6, 6.07) is 7.22. The van der Waals surface area contributed by atoms with Gasteiger partial charge < -0.3 is 5.32 Å². The van der Waals surface area contributed by atoms with Gasteiger partial charge in [0.05, 0.1) is 0 Å². The molecule has 0 saturated carbocycles. The number of benzene rings is 1. The molecule has 0 saturated heterocycles. The second kappa shape index (κ2) is 7.84. The summed E-state index contributed by atoms with van der Waals surface area (Å²) in [5.41, 5.74) is 3.57. The van der Waals surface area contributed by atoms with Gasteiger partial charge in [-0.05, 0) is 43.0 Å². The van der Waals surface area contributed by atoms with Gasteiger partial charge in [0.2, 0.25) is 0 Å². The molecule has 0 heterocycles. The van der Waals surface area contributed by atoms with E-state index < -0.39 is 0 Å². The summed E-state index contributed by atoms with van der Waals surface area (Å²) < 4.78 is 0. The number of carbonyl (C=O) groups is 2. The summed E-state index contributed by atoms with van der Waals surface area (Å²) in [5.74, 6) is 4.77. The van der Waals surface area contributed by atoms with Crippen LogP contribution in [0.2, 0.25) is 0 Å². The number of nitrogen functional groups attached to an aromatic ring is 1. The predicted molar refractivity (Wildman–Crippen MR) is 74.0 cm³/mol. The molecule has 100 valence electrons. The van der Waals surface area contributed by atoms with Gasteiger partial charge in [-0.25, -0.2) is 5.84 Å². The van der Waals surface area contributed by atoms with Crippen molar-refractivity contribution in [2.24, 2.45) is 5.84 Å². The van der Waals surface area contributed by atoms with E-state index in [4.69, 9.17) is 5.84 Å². The van der Waals surface area contributed by atoms with E-state index in [-0.39, 0.29) is 11.9 Å². The van der Waals surface area contributed by atoms with Gasteiger partial charge in [0.1, 0.15) is 6.29 Å². The molecule has 1 amide bonds. The average Bonchev–Trinajstić information content (AvgIpc) is 2.46. The standard InChI is InChI=1S/C14H17N3O2/c1-11(16-8-3-2-4-9-18)12-6-5-7-13(10-12)14(19)17-15/h2-11,16H,15H2,1H3,(H,17,19)/b4-2-,8-3-. The van der Waals surface area contributed by atoms with Gasteiger partial charge in [0.15, 0.2) is 0 Å². The fourth-order valence-corrected chi connectivity index (χ4v) is 1.49. The van der Waals surface area contributed by atoms with Crippen LogP contribution in [0.1, 0.15) is 28.9 Å². The molecule has 1 rings (SSSR count). The van der Waals surface area contributed by atoms with Crippen LogP contribution in [0.5, 0.6) is 0 Å². The Morgan fingerprint density at radius 1 is 1.32 bits per heavy atom. The van der Waals surface area contributed by atoms with Crippen LogP contribution in [0.3, 0.4) is 0 Å². The van der Waals surface area contributed by atoms with Crippen molar-refractivity contribution in [1.29, 1.82) is 0 Å². The number of rotatable bonds is 6. The molecule has 1 aromatic rings. The molecule has 0 fully saturated rings. The van der Waals surface area contributed by atoms with E-state index in [1.165, 1.54) is 6.08 Å². The number of hydrogen-bond acceptors (Lipinski definition) is 4. The zero-order valence-corrected chi connectivity index (χ0v) is 10.7. The maximum atomic E-state index is 11.4. The van der Waals surface area contributed by atoms with Gasteiger partial charge >= 0.3 is 0 Å². The molecule has 5 heteroatoms. The topological polar surface area (TPSA) is 84.2 Å². The van der Waals surface area contributed by atoms with Crippen LogP contribution in [-0.4, -0.2) is 12.2 Å². The van der Waals surface area contributed by atoms with Crippen LogP contribution in [0.25, 0.3) is 0 Å². The van der Waals surface area contributed by atoms with Gasteiger partial charge in [0, 0.05) is 11.6 Å². The van der Waals surface area contributed by atoms with Crippen molar-refractivity contribution in [1.82, 2.24) is 10.7 Å². The van der Waals surface area contributed by atoms with Crippen LogP contribution < -0.4 is 16.6 Å². The van der Waals surface area contributed by atoms with E-state index in [0.717, 1.165) is 5.56 Å². The van der Waals surface area contributed by atoms with E-state index in [1.54, 1.807) is 36.6 Å². The highest BCUT2D eigenvalue weighted by atomic mass is 16.2. The highest BCUT2D eigenvalue weighted by molar-refractivity contribution is 5.93. The molecule has 0 radical (unpaired) electrons. The summed E-state index contributed by atoms with van der Waals surface area (Å²) >= 11 is 0. The first-order valence-electron chi connectivity index (χ1n) is 5.83. The first-order chi connectivity index (χ1) is 9.19. The van der Waals surface area contributed by atoms with Crippen molar-refractivity contribution in [2.45, 2.75) is 13.0 Å². The van der Waals surface area contributed by atoms with Crippen molar-refractivity contribution < 1.29 is 9.59 Å². The monoisotopic (exact) mass is 259 g/mol. The lowest BCUT2D eigenvalue weighted by Crippen LogP contribution is -2.30. The van der Waals surface area contributed by atoms with Gasteiger partial charge in [-0.3, -0.25) is 15.0 Å². The fraction of sp³-hybridized carbons (Fsp3) is 0.143. The first kappa shape index (κ1) is 14.7. The van der Waals surface area contributed by atoms with Gasteiger partial charge in [0.25, 0.3) is 5.91 Å². The third-order valence-electron chi connectivity index (χ3n) is 2.52. The Balaban J connectivity index is 2.69. The Bertz CT molecular complexity index is 495. The zero-order valence-electron chi connectivity index (χ0n) is 10.7. The Labute approximate surface area is 112 Å². The van der Waals surface area contributed by atoms with E-state index in [0.29, 0.717) is 11.8 Å². The minimum absolute atomic E-state index is 0.0337. The lowest BCUT2D eigenvalue weighted by Gasteiger charge is -2.13. The Morgan fingerprint density at radius 3 is 2.79 bits per heavy atom. The second-order valence-electron chi connectivity index (χ2n) is 3.87. The molecule has 0 aliphatic carbocycles. The van der Waals surface area contributed by atoms with Crippen molar-refractivity contribution in [2.75, 3.05) is 0 Å². The largest absolute Gasteiger partial charge is 0.384 e. The van der Waals surface area contributed by atoms with Gasteiger partial charge in [-0.2, -0.15) is 0 Å². The van der Waals surface area contributed by atoms with E-state index in [9.17, 15) is 9.59 Å². The fourth-order valence-electron chi connectivity index (χ4n) is 1.49. The molecule has 0 aliphatic heterocycles. The lowest BCUT2D eigenvalue weighted by atomic mass is 10.1. The Hall–Kier alpha value is -2.40. The van der Waals surface area contributed by atoms with Crippen molar-refractivity contribution in [3.63, 3.8) is 0 Å². The molecule has 1 aromatic carbocycles. The van der Waals surface area contributed by atoms with Crippen molar-refractivity contribution in [3.05, 3.63) is 59.8 Å². The number of nitrogens with one attached hydrogen (secondary N) is 2. The zero-order chi connectivity index (χ0) is 14.1. The van der Waals surface area contributed by atoms with Crippen LogP contribution in [0.4, 0.5) is 0 Å². The number of hydrazine groups is 1. The smallest absolute Gasteiger partial charge is 0.265 e. The molecule has 4 N–H and O–H groups in total. The number of hydrogen-bond donors (Lipinski definition) is 3. The van der Waals surface area contributed by atoms with Gasteiger partial charge in [-0.1, -0.05) is 18.2 Å². The van der Waals surface area contributed by atoms with Crippen molar-refractivity contribution in [3.8, 4) is 0 Å². The predicted octanol–water partition coefficient (Wildman–Crippen LogP) is 1.21. The number of amides is 1. The van der Waals surface area contributed by atoms with E-state index in [1.807, 2.05) is 13.0 Å². The molecule has 0 bridgehead atoms. The van der Waals surface area contributed by atoms with E-state index in [2.05, 4.69) is 10.7 Å². The van der Waals surface area contributed by atoms with Gasteiger partial charge in [-0.15, -0.1) is 0 Å². The molecular formula is C14H17N3O2. The third kappa shape index (κ3) is 4.77. The minimum Gasteiger partial charge on any atom is -0.384 e. The lowest BCUT2D eigenvalue weighted by molar-refractivity contribution is -0.104.